The molecule has 0 saturated carbocycles. The number of hydrogen-bond acceptors (Lipinski definition) is 3. The highest BCUT2D eigenvalue weighted by molar-refractivity contribution is 9.10. The molecule has 0 spiro atoms. The molecule has 0 atom stereocenters. The van der Waals surface area contributed by atoms with E-state index in [1.54, 1.807) is 18.2 Å². The van der Waals surface area contributed by atoms with Crippen LogP contribution in [0.1, 0.15) is 0 Å². The third-order valence-corrected chi connectivity index (χ3v) is 5.85. The smallest absolute Gasteiger partial charge is 0.244 e. The number of halogens is 2. The summed E-state index contributed by atoms with van der Waals surface area (Å²) in [4.78, 5) is 2.28. The second-order valence-electron chi connectivity index (χ2n) is 4.28. The Balaban J connectivity index is 2.33. The van der Waals surface area contributed by atoms with E-state index in [0.29, 0.717) is 17.6 Å². The second kappa shape index (κ2) is 5.46. The zero-order chi connectivity index (χ0) is 13.3. The molecule has 0 bridgehead atoms. The summed E-state index contributed by atoms with van der Waals surface area (Å²) in [6.45, 7) is 2.49. The molecule has 4 nitrogen and oxygen atoms in total. The van der Waals surface area contributed by atoms with Crippen molar-refractivity contribution in [2.24, 2.45) is 0 Å². The molecule has 1 fully saturated rings. The Morgan fingerprint density at radius 1 is 1.22 bits per heavy atom. The summed E-state index contributed by atoms with van der Waals surface area (Å²) >= 11 is 9.26. The summed E-state index contributed by atoms with van der Waals surface area (Å²) < 4.78 is 27.1. The highest BCUT2D eigenvalue weighted by Crippen LogP contribution is 2.28. The highest BCUT2D eigenvalue weighted by atomic mass is 79.9. The lowest BCUT2D eigenvalue weighted by Gasteiger charge is -2.31. The van der Waals surface area contributed by atoms with Crippen LogP contribution in [0, 0.1) is 0 Å². The van der Waals surface area contributed by atoms with Gasteiger partial charge in [-0.1, -0.05) is 27.5 Å². The van der Waals surface area contributed by atoms with E-state index < -0.39 is 10.0 Å². The minimum absolute atomic E-state index is 0.170. The van der Waals surface area contributed by atoms with E-state index in [0.717, 1.165) is 13.1 Å². The summed E-state index contributed by atoms with van der Waals surface area (Å²) in [7, 11) is -1.51. The van der Waals surface area contributed by atoms with Crippen LogP contribution in [-0.2, 0) is 10.0 Å². The average Bonchev–Trinajstić information content (AvgIpc) is 2.32. The van der Waals surface area contributed by atoms with Crippen LogP contribution in [0.25, 0.3) is 0 Å². The van der Waals surface area contributed by atoms with Gasteiger partial charge in [-0.2, -0.15) is 4.31 Å². The number of rotatable bonds is 2. The van der Waals surface area contributed by atoms with Gasteiger partial charge < -0.3 is 4.90 Å². The van der Waals surface area contributed by atoms with Gasteiger partial charge in [-0.25, -0.2) is 8.42 Å². The maximum Gasteiger partial charge on any atom is 0.244 e. The van der Waals surface area contributed by atoms with Crippen molar-refractivity contribution >= 4 is 37.6 Å². The summed E-state index contributed by atoms with van der Waals surface area (Å²) in [5.41, 5.74) is 0. The van der Waals surface area contributed by atoms with Crippen LogP contribution in [0.15, 0.2) is 27.6 Å². The molecular formula is C11H14BrClN2O2S. The molecule has 0 N–H and O–H groups in total. The van der Waals surface area contributed by atoms with Crippen molar-refractivity contribution in [1.29, 1.82) is 0 Å². The molecule has 1 aliphatic rings. The van der Waals surface area contributed by atoms with Crippen LogP contribution >= 0.6 is 27.5 Å². The topological polar surface area (TPSA) is 40.6 Å². The third kappa shape index (κ3) is 2.88. The van der Waals surface area contributed by atoms with Gasteiger partial charge >= 0.3 is 0 Å². The van der Waals surface area contributed by atoms with Crippen molar-refractivity contribution in [1.82, 2.24) is 9.21 Å². The van der Waals surface area contributed by atoms with Gasteiger partial charge in [0.1, 0.15) is 4.90 Å². The van der Waals surface area contributed by atoms with Crippen LogP contribution in [-0.4, -0.2) is 50.8 Å². The monoisotopic (exact) mass is 352 g/mol. The molecule has 7 heteroatoms. The fraction of sp³-hybridized carbons (Fsp3) is 0.455. The SMILES string of the molecule is CN1CCN(S(=O)(=O)c2cc(Br)ccc2Cl)CC1. The molecule has 1 aromatic carbocycles. The Kier molecular flexibility index (Phi) is 4.33. The maximum atomic E-state index is 12.5. The van der Waals surface area contributed by atoms with E-state index in [1.165, 1.54) is 4.31 Å². The summed E-state index contributed by atoms with van der Waals surface area (Å²) in [5.74, 6) is 0. The average molecular weight is 354 g/mol. The Labute approximate surface area is 121 Å². The molecule has 1 saturated heterocycles. The lowest BCUT2D eigenvalue weighted by molar-refractivity contribution is 0.222. The molecule has 0 unspecified atom stereocenters. The first kappa shape index (κ1) is 14.3. The van der Waals surface area contributed by atoms with Crippen molar-refractivity contribution in [3.05, 3.63) is 27.7 Å². The van der Waals surface area contributed by atoms with Gasteiger partial charge in [0.25, 0.3) is 0 Å². The minimum atomic E-state index is -3.49. The molecular weight excluding hydrogens is 340 g/mol. The first-order valence-corrected chi connectivity index (χ1v) is 8.16. The molecule has 1 aromatic rings. The fourth-order valence-corrected chi connectivity index (χ4v) is 4.28. The van der Waals surface area contributed by atoms with Crippen LogP contribution < -0.4 is 0 Å². The molecule has 100 valence electrons. The van der Waals surface area contributed by atoms with Gasteiger partial charge in [0, 0.05) is 30.7 Å². The van der Waals surface area contributed by atoms with Crippen molar-refractivity contribution < 1.29 is 8.42 Å². The Hall–Kier alpha value is -0.140. The second-order valence-corrected chi connectivity index (χ2v) is 7.51. The molecule has 1 aliphatic heterocycles. The van der Waals surface area contributed by atoms with E-state index in [1.807, 2.05) is 7.05 Å². The summed E-state index contributed by atoms with van der Waals surface area (Å²) in [6, 6.07) is 4.87. The van der Waals surface area contributed by atoms with Crippen LogP contribution in [0.5, 0.6) is 0 Å². The quantitative estimate of drug-likeness (QED) is 0.817. The minimum Gasteiger partial charge on any atom is -0.304 e. The zero-order valence-corrected chi connectivity index (χ0v) is 13.1. The number of likely N-dealkylation sites (N-methyl/N-ethyl adjacent to an activating group) is 1. The van der Waals surface area contributed by atoms with E-state index in [-0.39, 0.29) is 9.92 Å². The van der Waals surface area contributed by atoms with Gasteiger partial charge in [-0.15, -0.1) is 0 Å². The Morgan fingerprint density at radius 3 is 2.44 bits per heavy atom. The molecule has 1 heterocycles. The predicted octanol–water partition coefficient (Wildman–Crippen LogP) is 2.04. The molecule has 0 amide bonds. The van der Waals surface area contributed by atoms with E-state index >= 15 is 0 Å². The largest absolute Gasteiger partial charge is 0.304 e. The molecule has 0 radical (unpaired) electrons. The zero-order valence-electron chi connectivity index (χ0n) is 9.94. The number of piperazine rings is 1. The third-order valence-electron chi connectivity index (χ3n) is 2.97. The number of sulfonamides is 1. The molecule has 18 heavy (non-hydrogen) atoms. The number of nitrogens with zero attached hydrogens (tertiary/aromatic N) is 2. The van der Waals surface area contributed by atoms with Crippen molar-refractivity contribution in [3.63, 3.8) is 0 Å². The number of benzene rings is 1. The summed E-state index contributed by atoms with van der Waals surface area (Å²) in [5, 5.41) is 0.261. The molecule has 0 aliphatic carbocycles. The molecule has 2 rings (SSSR count). The van der Waals surface area contributed by atoms with Crippen LogP contribution in [0.3, 0.4) is 0 Å². The van der Waals surface area contributed by atoms with Gasteiger partial charge in [-0.05, 0) is 25.2 Å². The van der Waals surface area contributed by atoms with Crippen molar-refractivity contribution in [2.75, 3.05) is 33.2 Å². The van der Waals surface area contributed by atoms with Crippen LogP contribution in [0.4, 0.5) is 0 Å². The maximum absolute atomic E-state index is 12.5. The number of hydrogen-bond donors (Lipinski definition) is 0. The normalized spacial score (nSPS) is 19.1. The predicted molar refractivity (Wildman–Crippen MR) is 75.4 cm³/mol. The van der Waals surface area contributed by atoms with Crippen molar-refractivity contribution in [3.8, 4) is 0 Å². The van der Waals surface area contributed by atoms with E-state index in [4.69, 9.17) is 11.6 Å². The van der Waals surface area contributed by atoms with Gasteiger partial charge in [0.2, 0.25) is 10.0 Å². The summed E-state index contributed by atoms with van der Waals surface area (Å²) in [6.07, 6.45) is 0. The first-order valence-electron chi connectivity index (χ1n) is 5.55. The lowest BCUT2D eigenvalue weighted by atomic mass is 10.4. The Bertz CT molecular complexity index is 542. The fourth-order valence-electron chi connectivity index (χ4n) is 1.84. The van der Waals surface area contributed by atoms with Gasteiger partial charge in [0.05, 0.1) is 5.02 Å². The van der Waals surface area contributed by atoms with Gasteiger partial charge in [0.15, 0.2) is 0 Å². The van der Waals surface area contributed by atoms with Crippen molar-refractivity contribution in [2.45, 2.75) is 4.90 Å². The van der Waals surface area contributed by atoms with E-state index in [2.05, 4.69) is 20.8 Å². The van der Waals surface area contributed by atoms with Gasteiger partial charge in [-0.3, -0.25) is 0 Å². The highest BCUT2D eigenvalue weighted by Gasteiger charge is 2.29. The lowest BCUT2D eigenvalue weighted by Crippen LogP contribution is -2.47. The van der Waals surface area contributed by atoms with Crippen LogP contribution in [0.2, 0.25) is 5.02 Å². The first-order chi connectivity index (χ1) is 8.41. The molecule has 0 aromatic heterocycles. The standard InChI is InChI=1S/C11H14BrClN2O2S/c1-14-4-6-15(7-5-14)18(16,17)11-8-9(12)2-3-10(11)13/h2-3,8H,4-7H2,1H3. The Morgan fingerprint density at radius 2 is 1.83 bits per heavy atom. The van der Waals surface area contributed by atoms with E-state index in [9.17, 15) is 8.42 Å².